The van der Waals surface area contributed by atoms with Gasteiger partial charge in [-0.15, -0.1) is 12.4 Å². The van der Waals surface area contributed by atoms with Crippen LogP contribution in [-0.4, -0.2) is 31.7 Å². The lowest BCUT2D eigenvalue weighted by Gasteiger charge is -2.10. The Morgan fingerprint density at radius 1 is 1.35 bits per heavy atom. The number of hydrogen-bond acceptors (Lipinski definition) is 4. The molecule has 0 bridgehead atoms. The van der Waals surface area contributed by atoms with Crippen molar-refractivity contribution in [1.29, 1.82) is 0 Å². The van der Waals surface area contributed by atoms with Crippen LogP contribution in [-0.2, 0) is 0 Å². The second kappa shape index (κ2) is 7.97. The molecule has 0 radical (unpaired) electrons. The van der Waals surface area contributed by atoms with E-state index in [0.717, 1.165) is 12.8 Å². The summed E-state index contributed by atoms with van der Waals surface area (Å²) in [5.41, 5.74) is 6.22. The fourth-order valence-corrected chi connectivity index (χ4v) is 1.82. The Labute approximate surface area is 125 Å². The first-order chi connectivity index (χ1) is 9.16. The number of benzene rings is 1. The van der Waals surface area contributed by atoms with Crippen LogP contribution in [0.5, 0.6) is 11.5 Å². The SMILES string of the molecule is CC(N)CCNC(=O)c1ccc2c(c1)OCCCO2.Cl. The minimum atomic E-state index is -0.115. The molecule has 2 rings (SSSR count). The Morgan fingerprint density at radius 2 is 2.05 bits per heavy atom. The zero-order chi connectivity index (χ0) is 13.7. The first kappa shape index (κ1) is 16.6. The summed E-state index contributed by atoms with van der Waals surface area (Å²) in [6, 6.07) is 5.33. The third-order valence-electron chi connectivity index (χ3n) is 2.89. The van der Waals surface area contributed by atoms with Gasteiger partial charge in [-0.1, -0.05) is 0 Å². The highest BCUT2D eigenvalue weighted by Gasteiger charge is 2.13. The Hall–Kier alpha value is -1.46. The number of nitrogens with one attached hydrogen (secondary N) is 1. The van der Waals surface area contributed by atoms with Crippen LogP contribution in [0.15, 0.2) is 18.2 Å². The second-order valence-electron chi connectivity index (χ2n) is 4.73. The topological polar surface area (TPSA) is 73.6 Å². The van der Waals surface area contributed by atoms with E-state index in [1.54, 1.807) is 18.2 Å². The van der Waals surface area contributed by atoms with Gasteiger partial charge in [-0.25, -0.2) is 0 Å². The summed E-state index contributed by atoms with van der Waals surface area (Å²) in [5, 5.41) is 2.84. The van der Waals surface area contributed by atoms with Crippen LogP contribution in [0.2, 0.25) is 0 Å². The van der Waals surface area contributed by atoms with Crippen molar-refractivity contribution in [3.8, 4) is 11.5 Å². The molecule has 0 aliphatic carbocycles. The largest absolute Gasteiger partial charge is 0.490 e. The number of hydrogen-bond donors (Lipinski definition) is 2. The smallest absolute Gasteiger partial charge is 0.251 e. The molecule has 112 valence electrons. The van der Waals surface area contributed by atoms with Gasteiger partial charge in [0, 0.05) is 24.6 Å². The summed E-state index contributed by atoms with van der Waals surface area (Å²) in [5.74, 6) is 1.22. The van der Waals surface area contributed by atoms with Gasteiger partial charge in [0.2, 0.25) is 0 Å². The predicted octanol–water partition coefficient (Wildman–Crippen LogP) is 1.74. The van der Waals surface area contributed by atoms with Crippen LogP contribution in [0.1, 0.15) is 30.1 Å². The Balaban J connectivity index is 0.00000200. The normalized spacial score (nSPS) is 14.7. The molecule has 5 nitrogen and oxygen atoms in total. The van der Waals surface area contributed by atoms with Gasteiger partial charge in [0.05, 0.1) is 13.2 Å². The van der Waals surface area contributed by atoms with Gasteiger partial charge in [0.1, 0.15) is 0 Å². The van der Waals surface area contributed by atoms with Crippen LogP contribution in [0, 0.1) is 0 Å². The van der Waals surface area contributed by atoms with Gasteiger partial charge in [0.25, 0.3) is 5.91 Å². The van der Waals surface area contributed by atoms with E-state index in [4.69, 9.17) is 15.2 Å². The number of ether oxygens (including phenoxy) is 2. The second-order valence-corrected chi connectivity index (χ2v) is 4.73. The summed E-state index contributed by atoms with van der Waals surface area (Å²) in [7, 11) is 0. The lowest BCUT2D eigenvalue weighted by Crippen LogP contribution is -2.28. The number of carbonyl (C=O) groups is 1. The summed E-state index contributed by atoms with van der Waals surface area (Å²) >= 11 is 0. The van der Waals surface area contributed by atoms with Crippen LogP contribution in [0.4, 0.5) is 0 Å². The van der Waals surface area contributed by atoms with Gasteiger partial charge in [0.15, 0.2) is 11.5 Å². The van der Waals surface area contributed by atoms with Gasteiger partial charge in [-0.05, 0) is 31.5 Å². The highest BCUT2D eigenvalue weighted by molar-refractivity contribution is 5.94. The van der Waals surface area contributed by atoms with E-state index in [-0.39, 0.29) is 24.4 Å². The van der Waals surface area contributed by atoms with Crippen molar-refractivity contribution in [3.63, 3.8) is 0 Å². The first-order valence-corrected chi connectivity index (χ1v) is 6.60. The van der Waals surface area contributed by atoms with Crippen molar-refractivity contribution in [3.05, 3.63) is 23.8 Å². The lowest BCUT2D eigenvalue weighted by atomic mass is 10.2. The van der Waals surface area contributed by atoms with E-state index in [2.05, 4.69) is 5.32 Å². The highest BCUT2D eigenvalue weighted by Crippen LogP contribution is 2.30. The standard InChI is InChI=1S/C14H20N2O3.ClH/c1-10(15)5-6-16-14(17)11-3-4-12-13(9-11)19-8-2-7-18-12;/h3-4,9-10H,2,5-8,15H2,1H3,(H,16,17);1H. The molecule has 0 aromatic heterocycles. The molecule has 0 fully saturated rings. The van der Waals surface area contributed by atoms with E-state index >= 15 is 0 Å². The maximum Gasteiger partial charge on any atom is 0.251 e. The number of fused-ring (bicyclic) bond motifs is 1. The third-order valence-corrected chi connectivity index (χ3v) is 2.89. The van der Waals surface area contributed by atoms with E-state index in [9.17, 15) is 4.79 Å². The Bertz CT molecular complexity index is 452. The minimum Gasteiger partial charge on any atom is -0.490 e. The molecule has 0 saturated carbocycles. The molecular formula is C14H21ClN2O3. The molecule has 1 aliphatic rings. The molecule has 1 amide bonds. The summed E-state index contributed by atoms with van der Waals surface area (Å²) in [6.07, 6.45) is 1.61. The summed E-state index contributed by atoms with van der Waals surface area (Å²) in [4.78, 5) is 11.9. The number of carbonyl (C=O) groups excluding carboxylic acids is 1. The zero-order valence-electron chi connectivity index (χ0n) is 11.6. The van der Waals surface area contributed by atoms with E-state index in [1.807, 2.05) is 6.92 Å². The quantitative estimate of drug-likeness (QED) is 0.888. The molecule has 0 saturated heterocycles. The maximum atomic E-state index is 11.9. The fraction of sp³-hybridized carbons (Fsp3) is 0.500. The Kier molecular flexibility index (Phi) is 6.61. The van der Waals surface area contributed by atoms with Crippen LogP contribution in [0.3, 0.4) is 0 Å². The average Bonchev–Trinajstić information content (AvgIpc) is 2.62. The molecule has 1 atom stereocenters. The van der Waals surface area contributed by atoms with Crippen LogP contribution < -0.4 is 20.5 Å². The van der Waals surface area contributed by atoms with Crippen molar-refractivity contribution in [2.45, 2.75) is 25.8 Å². The lowest BCUT2D eigenvalue weighted by molar-refractivity contribution is 0.0952. The molecule has 20 heavy (non-hydrogen) atoms. The summed E-state index contributed by atoms with van der Waals surface area (Å²) < 4.78 is 11.1. The van der Waals surface area contributed by atoms with Gasteiger partial charge in [-0.2, -0.15) is 0 Å². The number of nitrogens with two attached hydrogens (primary N) is 1. The van der Waals surface area contributed by atoms with Crippen molar-refractivity contribution in [1.82, 2.24) is 5.32 Å². The highest BCUT2D eigenvalue weighted by atomic mass is 35.5. The van der Waals surface area contributed by atoms with Crippen LogP contribution >= 0.6 is 12.4 Å². The van der Waals surface area contributed by atoms with Crippen molar-refractivity contribution < 1.29 is 14.3 Å². The Morgan fingerprint density at radius 3 is 2.75 bits per heavy atom. The number of rotatable bonds is 4. The van der Waals surface area contributed by atoms with Gasteiger partial charge in [-0.3, -0.25) is 4.79 Å². The number of amides is 1. The molecule has 3 N–H and O–H groups in total. The van der Waals surface area contributed by atoms with Gasteiger partial charge < -0.3 is 20.5 Å². The molecule has 1 unspecified atom stereocenters. The summed E-state index contributed by atoms with van der Waals surface area (Å²) in [6.45, 7) is 3.75. The van der Waals surface area contributed by atoms with Crippen LogP contribution in [0.25, 0.3) is 0 Å². The molecular weight excluding hydrogens is 280 g/mol. The van der Waals surface area contributed by atoms with E-state index < -0.39 is 0 Å². The van der Waals surface area contributed by atoms with Gasteiger partial charge >= 0.3 is 0 Å². The fourth-order valence-electron chi connectivity index (χ4n) is 1.82. The third kappa shape index (κ3) is 4.58. The maximum absolute atomic E-state index is 11.9. The number of halogens is 1. The van der Waals surface area contributed by atoms with E-state index in [1.165, 1.54) is 0 Å². The van der Waals surface area contributed by atoms with E-state index in [0.29, 0.717) is 36.8 Å². The molecule has 1 heterocycles. The first-order valence-electron chi connectivity index (χ1n) is 6.60. The van der Waals surface area contributed by atoms with Crippen molar-refractivity contribution in [2.75, 3.05) is 19.8 Å². The molecule has 6 heteroatoms. The average molecular weight is 301 g/mol. The molecule has 0 spiro atoms. The predicted molar refractivity (Wildman–Crippen MR) is 79.9 cm³/mol. The van der Waals surface area contributed by atoms with Crippen molar-refractivity contribution >= 4 is 18.3 Å². The molecule has 1 aliphatic heterocycles. The monoisotopic (exact) mass is 300 g/mol. The van der Waals surface area contributed by atoms with Crippen molar-refractivity contribution in [2.24, 2.45) is 5.73 Å². The minimum absolute atomic E-state index is 0. The molecule has 1 aromatic rings. The molecule has 1 aromatic carbocycles. The zero-order valence-corrected chi connectivity index (χ0v) is 12.4.